The van der Waals surface area contributed by atoms with Crippen molar-refractivity contribution in [3.8, 4) is 0 Å². The minimum absolute atomic E-state index is 0.0206. The molecule has 2 aliphatic rings. The average Bonchev–Trinajstić information content (AvgIpc) is 2.89. The van der Waals surface area contributed by atoms with E-state index < -0.39 is 26.0 Å². The molecular weight excluding hydrogens is 382 g/mol. The minimum Gasteiger partial charge on any atom is -0.379 e. The van der Waals surface area contributed by atoms with Gasteiger partial charge in [0, 0.05) is 32.6 Å². The van der Waals surface area contributed by atoms with Crippen molar-refractivity contribution in [2.75, 3.05) is 49.5 Å². The number of benzene rings is 1. The molecule has 144 valence electrons. The van der Waals surface area contributed by atoms with E-state index in [9.17, 15) is 21.6 Å². The van der Waals surface area contributed by atoms with Crippen LogP contribution in [-0.4, -0.2) is 72.8 Å². The van der Waals surface area contributed by atoms with Crippen molar-refractivity contribution in [2.24, 2.45) is 0 Å². The van der Waals surface area contributed by atoms with E-state index in [4.69, 9.17) is 4.74 Å². The number of nitrogens with zero attached hydrogens (tertiary/aromatic N) is 2. The molecule has 2 heterocycles. The second kappa shape index (κ2) is 7.61. The lowest BCUT2D eigenvalue weighted by molar-refractivity contribution is -0.116. The molecule has 0 aliphatic carbocycles. The first kappa shape index (κ1) is 19.2. The van der Waals surface area contributed by atoms with Gasteiger partial charge in [-0.15, -0.1) is 0 Å². The van der Waals surface area contributed by atoms with Crippen LogP contribution in [0.4, 0.5) is 5.69 Å². The Hall–Kier alpha value is -1.53. The number of rotatable bonds is 6. The van der Waals surface area contributed by atoms with Crippen molar-refractivity contribution in [1.82, 2.24) is 9.62 Å². The van der Waals surface area contributed by atoms with Gasteiger partial charge < -0.3 is 4.74 Å². The van der Waals surface area contributed by atoms with E-state index in [-0.39, 0.29) is 29.3 Å². The summed E-state index contributed by atoms with van der Waals surface area (Å²) in [6, 6.07) is 5.26. The lowest BCUT2D eigenvalue weighted by Gasteiger charge is -2.26. The number of anilines is 1. The van der Waals surface area contributed by atoms with Crippen LogP contribution in [0.25, 0.3) is 0 Å². The van der Waals surface area contributed by atoms with Gasteiger partial charge in [0.25, 0.3) is 0 Å². The highest BCUT2D eigenvalue weighted by atomic mass is 32.2. The van der Waals surface area contributed by atoms with Gasteiger partial charge in [-0.05, 0) is 24.3 Å². The summed E-state index contributed by atoms with van der Waals surface area (Å²) in [6.45, 7) is 3.69. The summed E-state index contributed by atoms with van der Waals surface area (Å²) in [5.41, 5.74) is 0.153. The molecule has 0 aromatic heterocycles. The predicted octanol–water partition coefficient (Wildman–Crippen LogP) is -0.636. The van der Waals surface area contributed by atoms with Crippen LogP contribution in [-0.2, 0) is 29.6 Å². The molecule has 0 bridgehead atoms. The van der Waals surface area contributed by atoms with E-state index in [1.807, 2.05) is 0 Å². The average molecular weight is 403 g/mol. The molecule has 2 fully saturated rings. The van der Waals surface area contributed by atoms with Gasteiger partial charge >= 0.3 is 0 Å². The Kier molecular flexibility index (Phi) is 5.63. The van der Waals surface area contributed by atoms with E-state index in [1.54, 1.807) is 0 Å². The first-order chi connectivity index (χ1) is 12.3. The fraction of sp³-hybridized carbons (Fsp3) is 0.533. The Labute approximate surface area is 153 Å². The highest BCUT2D eigenvalue weighted by Gasteiger charge is 2.36. The molecule has 0 radical (unpaired) electrons. The molecular formula is C15H21N3O6S2. The van der Waals surface area contributed by atoms with Crippen LogP contribution < -0.4 is 9.03 Å². The molecule has 0 saturated carbocycles. The zero-order valence-corrected chi connectivity index (χ0v) is 15.8. The Morgan fingerprint density at radius 1 is 1.12 bits per heavy atom. The molecule has 3 rings (SSSR count). The number of ether oxygens (including phenoxy) is 1. The monoisotopic (exact) mass is 403 g/mol. The summed E-state index contributed by atoms with van der Waals surface area (Å²) >= 11 is 0. The highest BCUT2D eigenvalue weighted by molar-refractivity contribution is 7.94. The van der Waals surface area contributed by atoms with E-state index in [0.717, 1.165) is 17.4 Å². The second-order valence-electron chi connectivity index (χ2n) is 6.07. The zero-order chi connectivity index (χ0) is 18.8. The molecule has 1 N–H and O–H groups in total. The number of amides is 1. The predicted molar refractivity (Wildman–Crippen MR) is 94.8 cm³/mol. The lowest BCUT2D eigenvalue weighted by atomic mass is 10.3. The fourth-order valence-corrected chi connectivity index (χ4v) is 5.36. The largest absolute Gasteiger partial charge is 0.379 e. The topological polar surface area (TPSA) is 113 Å². The van der Waals surface area contributed by atoms with Crippen molar-refractivity contribution in [2.45, 2.75) is 11.3 Å². The Morgan fingerprint density at radius 3 is 2.35 bits per heavy atom. The SMILES string of the molecule is O=C1CCS(=O)(=O)N1c1ccc(S(=O)(=O)NCCN2CCOCC2)cc1. The quantitative estimate of drug-likeness (QED) is 0.672. The highest BCUT2D eigenvalue weighted by Crippen LogP contribution is 2.26. The standard InChI is InChI=1S/C15H21N3O6S2/c19-15-5-12-25(20,21)18(15)13-1-3-14(4-2-13)26(22,23)16-6-7-17-8-10-24-11-9-17/h1-4,16H,5-12H2. The molecule has 0 unspecified atom stereocenters. The van der Waals surface area contributed by atoms with Crippen molar-refractivity contribution in [3.63, 3.8) is 0 Å². The summed E-state index contributed by atoms with van der Waals surface area (Å²) in [5, 5.41) is 0. The number of carbonyl (C=O) groups is 1. The summed E-state index contributed by atoms with van der Waals surface area (Å²) in [7, 11) is -7.37. The summed E-state index contributed by atoms with van der Waals surface area (Å²) in [6.07, 6.45) is -0.0640. The summed E-state index contributed by atoms with van der Waals surface area (Å²) in [4.78, 5) is 13.9. The van der Waals surface area contributed by atoms with E-state index in [2.05, 4.69) is 9.62 Å². The molecule has 1 aromatic carbocycles. The second-order valence-corrected chi connectivity index (χ2v) is 9.77. The van der Waals surface area contributed by atoms with Crippen molar-refractivity contribution < 1.29 is 26.4 Å². The van der Waals surface area contributed by atoms with Gasteiger partial charge in [0.05, 0.1) is 29.5 Å². The van der Waals surface area contributed by atoms with Crippen LogP contribution in [0.3, 0.4) is 0 Å². The summed E-state index contributed by atoms with van der Waals surface area (Å²) in [5.74, 6) is -0.737. The molecule has 0 atom stereocenters. The number of nitrogens with one attached hydrogen (secondary N) is 1. The molecule has 11 heteroatoms. The van der Waals surface area contributed by atoms with Gasteiger partial charge in [0.1, 0.15) is 0 Å². The Balaban J connectivity index is 1.64. The molecule has 26 heavy (non-hydrogen) atoms. The normalized spacial score (nSPS) is 21.2. The molecule has 2 saturated heterocycles. The molecule has 0 spiro atoms. The van der Waals surface area contributed by atoms with Crippen LogP contribution in [0.1, 0.15) is 6.42 Å². The zero-order valence-electron chi connectivity index (χ0n) is 14.1. The van der Waals surface area contributed by atoms with Crippen LogP contribution in [0.2, 0.25) is 0 Å². The van der Waals surface area contributed by atoms with Crippen LogP contribution in [0, 0.1) is 0 Å². The first-order valence-corrected chi connectivity index (χ1v) is 11.3. The molecule has 1 aromatic rings. The van der Waals surface area contributed by atoms with Gasteiger partial charge in [0.2, 0.25) is 26.0 Å². The van der Waals surface area contributed by atoms with Crippen molar-refractivity contribution >= 4 is 31.6 Å². The van der Waals surface area contributed by atoms with Crippen molar-refractivity contribution in [3.05, 3.63) is 24.3 Å². The minimum atomic E-state index is -3.70. The van der Waals surface area contributed by atoms with Crippen molar-refractivity contribution in [1.29, 1.82) is 0 Å². The smallest absolute Gasteiger partial charge is 0.242 e. The molecule has 1 amide bonds. The fourth-order valence-electron chi connectivity index (χ4n) is 2.88. The summed E-state index contributed by atoms with van der Waals surface area (Å²) < 4.78 is 57.0. The number of sulfonamides is 2. The van der Waals surface area contributed by atoms with Gasteiger partial charge in [-0.2, -0.15) is 0 Å². The van der Waals surface area contributed by atoms with Gasteiger partial charge in [-0.1, -0.05) is 0 Å². The van der Waals surface area contributed by atoms with Gasteiger partial charge in [-0.3, -0.25) is 9.69 Å². The molecule has 2 aliphatic heterocycles. The van der Waals surface area contributed by atoms with Crippen LogP contribution in [0.5, 0.6) is 0 Å². The van der Waals surface area contributed by atoms with E-state index in [1.165, 1.54) is 24.3 Å². The van der Waals surface area contributed by atoms with Gasteiger partial charge in [0.15, 0.2) is 0 Å². The maximum atomic E-state index is 12.3. The van der Waals surface area contributed by atoms with Crippen LogP contribution >= 0.6 is 0 Å². The Bertz CT molecular complexity index is 861. The maximum absolute atomic E-state index is 12.3. The molecule has 9 nitrogen and oxygen atoms in total. The number of carbonyl (C=O) groups excluding carboxylic acids is 1. The van der Waals surface area contributed by atoms with Gasteiger partial charge in [-0.25, -0.2) is 25.9 Å². The van der Waals surface area contributed by atoms with E-state index in [0.29, 0.717) is 19.8 Å². The third-order valence-electron chi connectivity index (χ3n) is 4.28. The number of morpholine rings is 1. The first-order valence-electron chi connectivity index (χ1n) is 8.25. The third kappa shape index (κ3) is 4.23. The third-order valence-corrected chi connectivity index (χ3v) is 7.45. The number of hydrogen-bond acceptors (Lipinski definition) is 7. The maximum Gasteiger partial charge on any atom is 0.242 e. The van der Waals surface area contributed by atoms with Crippen LogP contribution in [0.15, 0.2) is 29.2 Å². The lowest BCUT2D eigenvalue weighted by Crippen LogP contribution is -2.41. The Morgan fingerprint density at radius 2 is 1.77 bits per heavy atom. The number of hydrogen-bond donors (Lipinski definition) is 1. The van der Waals surface area contributed by atoms with E-state index >= 15 is 0 Å².